The van der Waals surface area contributed by atoms with Crippen molar-refractivity contribution in [2.75, 3.05) is 12.3 Å². The molecule has 118 valence electrons. The molecule has 1 unspecified atom stereocenters. The van der Waals surface area contributed by atoms with Gasteiger partial charge in [0.2, 0.25) is 5.91 Å². The maximum Gasteiger partial charge on any atom is 0.238 e. The molecule has 0 aliphatic heterocycles. The number of benzene rings is 1. The molecule has 0 aliphatic rings. The molecular formula is C15H24N2O3S. The van der Waals surface area contributed by atoms with Crippen LogP contribution in [0.15, 0.2) is 23.1 Å². The van der Waals surface area contributed by atoms with Crippen LogP contribution in [0.5, 0.6) is 0 Å². The molecule has 1 atom stereocenters. The first-order valence-corrected chi connectivity index (χ1v) is 8.59. The molecule has 0 bridgehead atoms. The zero-order chi connectivity index (χ0) is 16.2. The van der Waals surface area contributed by atoms with E-state index in [1.165, 1.54) is 13.0 Å². The number of hydrogen-bond acceptors (Lipinski definition) is 4. The Balaban J connectivity index is 2.92. The van der Waals surface area contributed by atoms with E-state index in [1.54, 1.807) is 19.1 Å². The minimum atomic E-state index is -3.73. The van der Waals surface area contributed by atoms with Crippen molar-refractivity contribution in [2.24, 2.45) is 5.92 Å². The average molecular weight is 312 g/mol. The molecule has 0 fully saturated rings. The second-order valence-corrected chi connectivity index (χ2v) is 7.87. The number of nitrogen functional groups attached to an aromatic ring is 1. The summed E-state index contributed by atoms with van der Waals surface area (Å²) in [5, 5.41) is 1.54. The Bertz CT molecular complexity index is 609. The number of nitrogens with two attached hydrogens (primary N) is 1. The summed E-state index contributed by atoms with van der Waals surface area (Å²) in [5.41, 5.74) is 6.63. The van der Waals surface area contributed by atoms with E-state index in [0.29, 0.717) is 23.7 Å². The van der Waals surface area contributed by atoms with Crippen LogP contribution in [0.3, 0.4) is 0 Å². The number of sulfone groups is 1. The van der Waals surface area contributed by atoms with E-state index >= 15 is 0 Å². The van der Waals surface area contributed by atoms with Gasteiger partial charge in [-0.1, -0.05) is 19.9 Å². The number of carbonyl (C=O) groups excluding carboxylic acids is 1. The van der Waals surface area contributed by atoms with Crippen LogP contribution >= 0.6 is 0 Å². The standard InChI is InChI=1S/C15H24N2O3S/c1-10(2)8-9-17-15(18)12(4)21(19,20)14-7-5-6-13(16)11(14)3/h5-7,10,12H,8-9,16H2,1-4H3,(H,17,18). The molecule has 1 aromatic carbocycles. The van der Waals surface area contributed by atoms with Crippen LogP contribution < -0.4 is 11.1 Å². The molecule has 0 saturated heterocycles. The lowest BCUT2D eigenvalue weighted by Gasteiger charge is -2.16. The summed E-state index contributed by atoms with van der Waals surface area (Å²) in [6, 6.07) is 4.71. The Hall–Kier alpha value is -1.56. The highest BCUT2D eigenvalue weighted by molar-refractivity contribution is 7.92. The van der Waals surface area contributed by atoms with Gasteiger partial charge in [0.15, 0.2) is 9.84 Å². The molecule has 3 N–H and O–H groups in total. The van der Waals surface area contributed by atoms with Gasteiger partial charge in [-0.25, -0.2) is 8.42 Å². The van der Waals surface area contributed by atoms with Gasteiger partial charge in [-0.05, 0) is 43.9 Å². The Kier molecular flexibility index (Phi) is 5.78. The van der Waals surface area contributed by atoms with Gasteiger partial charge in [0, 0.05) is 12.2 Å². The van der Waals surface area contributed by atoms with E-state index in [2.05, 4.69) is 5.32 Å². The highest BCUT2D eigenvalue weighted by Gasteiger charge is 2.31. The van der Waals surface area contributed by atoms with Gasteiger partial charge in [-0.2, -0.15) is 0 Å². The number of carbonyl (C=O) groups is 1. The van der Waals surface area contributed by atoms with Gasteiger partial charge >= 0.3 is 0 Å². The molecular weight excluding hydrogens is 288 g/mol. The lowest BCUT2D eigenvalue weighted by Crippen LogP contribution is -2.38. The van der Waals surface area contributed by atoms with E-state index in [0.717, 1.165) is 6.42 Å². The van der Waals surface area contributed by atoms with Crippen LogP contribution in [-0.4, -0.2) is 26.1 Å². The monoisotopic (exact) mass is 312 g/mol. The van der Waals surface area contributed by atoms with E-state index in [-0.39, 0.29) is 4.90 Å². The molecule has 0 saturated carbocycles. The summed E-state index contributed by atoms with van der Waals surface area (Å²) >= 11 is 0. The van der Waals surface area contributed by atoms with Crippen molar-refractivity contribution in [1.29, 1.82) is 0 Å². The molecule has 1 aromatic rings. The fourth-order valence-corrected chi connectivity index (χ4v) is 3.46. The molecule has 0 spiro atoms. The van der Waals surface area contributed by atoms with Gasteiger partial charge in [-0.3, -0.25) is 4.79 Å². The van der Waals surface area contributed by atoms with Crippen LogP contribution in [0.4, 0.5) is 5.69 Å². The molecule has 5 nitrogen and oxygen atoms in total. The quantitative estimate of drug-likeness (QED) is 0.785. The van der Waals surface area contributed by atoms with Crippen molar-refractivity contribution in [2.45, 2.75) is 44.3 Å². The van der Waals surface area contributed by atoms with Crippen molar-refractivity contribution < 1.29 is 13.2 Å². The first-order chi connectivity index (χ1) is 9.67. The Labute approximate surface area is 126 Å². The smallest absolute Gasteiger partial charge is 0.238 e. The maximum absolute atomic E-state index is 12.5. The van der Waals surface area contributed by atoms with Crippen molar-refractivity contribution >= 4 is 21.4 Å². The van der Waals surface area contributed by atoms with Gasteiger partial charge in [-0.15, -0.1) is 0 Å². The van der Waals surface area contributed by atoms with Gasteiger partial charge in [0.25, 0.3) is 0 Å². The molecule has 0 aromatic heterocycles. The number of nitrogens with one attached hydrogen (secondary N) is 1. The largest absolute Gasteiger partial charge is 0.398 e. The van der Waals surface area contributed by atoms with Crippen molar-refractivity contribution in [1.82, 2.24) is 5.32 Å². The predicted molar refractivity (Wildman–Crippen MR) is 84.7 cm³/mol. The SMILES string of the molecule is Cc1c(N)cccc1S(=O)(=O)C(C)C(=O)NCCC(C)C. The number of amides is 1. The Morgan fingerprint density at radius 2 is 1.90 bits per heavy atom. The molecule has 1 amide bonds. The molecule has 21 heavy (non-hydrogen) atoms. The second kappa shape index (κ2) is 6.93. The summed E-state index contributed by atoms with van der Waals surface area (Å²) in [4.78, 5) is 12.1. The molecule has 6 heteroatoms. The summed E-state index contributed by atoms with van der Waals surface area (Å²) in [7, 11) is -3.73. The number of rotatable bonds is 6. The van der Waals surface area contributed by atoms with Crippen LogP contribution in [0, 0.1) is 12.8 Å². The summed E-state index contributed by atoms with van der Waals surface area (Å²) in [5.74, 6) is -0.0224. The highest BCUT2D eigenvalue weighted by Crippen LogP contribution is 2.24. The molecule has 0 radical (unpaired) electrons. The van der Waals surface area contributed by atoms with Crippen LogP contribution in [0.2, 0.25) is 0 Å². The van der Waals surface area contributed by atoms with Gasteiger partial charge in [0.05, 0.1) is 4.90 Å². The third-order valence-corrected chi connectivity index (χ3v) is 5.69. The zero-order valence-electron chi connectivity index (χ0n) is 13.0. The lowest BCUT2D eigenvalue weighted by atomic mass is 10.1. The second-order valence-electron chi connectivity index (χ2n) is 5.63. The molecule has 0 aliphatic carbocycles. The highest BCUT2D eigenvalue weighted by atomic mass is 32.2. The summed E-state index contributed by atoms with van der Waals surface area (Å²) in [6.07, 6.45) is 0.815. The predicted octanol–water partition coefficient (Wildman–Crippen LogP) is 1.90. The fourth-order valence-electron chi connectivity index (χ4n) is 1.90. The first-order valence-electron chi connectivity index (χ1n) is 7.04. The molecule has 1 rings (SSSR count). The van der Waals surface area contributed by atoms with E-state index in [1.807, 2.05) is 13.8 Å². The van der Waals surface area contributed by atoms with Crippen LogP contribution in [0.1, 0.15) is 32.8 Å². The minimum absolute atomic E-state index is 0.119. The van der Waals surface area contributed by atoms with Crippen LogP contribution in [-0.2, 0) is 14.6 Å². The third kappa shape index (κ3) is 4.20. The average Bonchev–Trinajstić information content (AvgIpc) is 2.40. The first kappa shape index (κ1) is 17.5. The van der Waals surface area contributed by atoms with E-state index < -0.39 is 21.0 Å². The third-order valence-electron chi connectivity index (χ3n) is 3.49. The minimum Gasteiger partial charge on any atom is -0.398 e. The maximum atomic E-state index is 12.5. The fraction of sp³-hybridized carbons (Fsp3) is 0.533. The van der Waals surface area contributed by atoms with Crippen molar-refractivity contribution in [3.63, 3.8) is 0 Å². The van der Waals surface area contributed by atoms with E-state index in [9.17, 15) is 13.2 Å². The van der Waals surface area contributed by atoms with Crippen molar-refractivity contribution in [3.05, 3.63) is 23.8 Å². The topological polar surface area (TPSA) is 89.3 Å². The van der Waals surface area contributed by atoms with E-state index in [4.69, 9.17) is 5.73 Å². The van der Waals surface area contributed by atoms with Crippen LogP contribution in [0.25, 0.3) is 0 Å². The van der Waals surface area contributed by atoms with Gasteiger partial charge in [0.1, 0.15) is 5.25 Å². The molecule has 0 heterocycles. The Morgan fingerprint density at radius 3 is 2.48 bits per heavy atom. The van der Waals surface area contributed by atoms with Gasteiger partial charge < -0.3 is 11.1 Å². The Morgan fingerprint density at radius 1 is 1.29 bits per heavy atom. The number of hydrogen-bond donors (Lipinski definition) is 2. The summed E-state index contributed by atoms with van der Waals surface area (Å²) in [6.45, 7) is 7.62. The zero-order valence-corrected chi connectivity index (χ0v) is 13.8. The normalized spacial score (nSPS) is 13.2. The number of anilines is 1. The van der Waals surface area contributed by atoms with Crippen molar-refractivity contribution in [3.8, 4) is 0 Å². The lowest BCUT2D eigenvalue weighted by molar-refractivity contribution is -0.120. The summed E-state index contributed by atoms with van der Waals surface area (Å²) < 4.78 is 25.1.